The van der Waals surface area contributed by atoms with Gasteiger partial charge in [-0.1, -0.05) is 32.0 Å². The van der Waals surface area contributed by atoms with Crippen molar-refractivity contribution in [3.63, 3.8) is 0 Å². The molecule has 18 heteroatoms. The molecule has 3 aromatic heterocycles. The SMILES string of the molecule is CCc1cccc(CC)c1-n1nc2c(c1-c1c(F)cc(COC(=O)[C@H](CCCNC(=O)OC(C)(C)C)NC(=O)OC(C)(C)C)c3[nH]ccc13)CN(c1ncc(C(F)(F)F)cn1)CC2. The zero-order chi connectivity index (χ0) is 45.9. The van der Waals surface area contributed by atoms with Crippen LogP contribution in [0.25, 0.3) is 27.8 Å². The number of anilines is 1. The van der Waals surface area contributed by atoms with E-state index in [1.807, 2.05) is 32.0 Å². The normalized spacial score (nSPS) is 13.7. The third kappa shape index (κ3) is 11.1. The van der Waals surface area contributed by atoms with E-state index in [2.05, 4.69) is 25.6 Å². The van der Waals surface area contributed by atoms with Crippen molar-refractivity contribution >= 4 is 35.0 Å². The van der Waals surface area contributed by atoms with Crippen LogP contribution in [0.3, 0.4) is 0 Å². The van der Waals surface area contributed by atoms with Crippen LogP contribution in [0.2, 0.25) is 0 Å². The average molecular weight is 879 g/mol. The van der Waals surface area contributed by atoms with Crippen LogP contribution in [0.5, 0.6) is 0 Å². The number of hydrogen-bond donors (Lipinski definition) is 3. The van der Waals surface area contributed by atoms with E-state index in [0.29, 0.717) is 59.2 Å². The predicted molar refractivity (Wildman–Crippen MR) is 228 cm³/mol. The maximum Gasteiger partial charge on any atom is 0.419 e. The van der Waals surface area contributed by atoms with Crippen molar-refractivity contribution < 1.29 is 46.2 Å². The number of nitrogens with one attached hydrogen (secondary N) is 3. The van der Waals surface area contributed by atoms with Gasteiger partial charge < -0.3 is 34.7 Å². The van der Waals surface area contributed by atoms with E-state index in [1.165, 1.54) is 6.07 Å². The highest BCUT2D eigenvalue weighted by molar-refractivity contribution is 5.98. The summed E-state index contributed by atoms with van der Waals surface area (Å²) in [5.41, 5.74) is 3.12. The summed E-state index contributed by atoms with van der Waals surface area (Å²) in [5, 5.41) is 10.8. The fraction of sp³-hybridized carbons (Fsp3) is 0.467. The topological polar surface area (TPSA) is 166 Å². The van der Waals surface area contributed by atoms with Crippen LogP contribution in [-0.2, 0) is 57.6 Å². The minimum atomic E-state index is -4.60. The Morgan fingerprint density at radius 2 is 1.57 bits per heavy atom. The van der Waals surface area contributed by atoms with Gasteiger partial charge in [0.15, 0.2) is 0 Å². The summed E-state index contributed by atoms with van der Waals surface area (Å²) >= 11 is 0. The van der Waals surface area contributed by atoms with Crippen LogP contribution in [-0.4, -0.2) is 73.2 Å². The zero-order valence-electron chi connectivity index (χ0n) is 36.8. The van der Waals surface area contributed by atoms with Gasteiger partial charge in [0.2, 0.25) is 5.95 Å². The van der Waals surface area contributed by atoms with E-state index in [0.717, 1.165) is 29.2 Å². The second kappa shape index (κ2) is 18.6. The molecule has 0 saturated carbocycles. The number of aromatic nitrogens is 5. The van der Waals surface area contributed by atoms with Gasteiger partial charge in [-0.2, -0.15) is 18.3 Å². The molecule has 4 heterocycles. The smallest absolute Gasteiger partial charge is 0.419 e. The monoisotopic (exact) mass is 878 g/mol. The molecule has 0 saturated heterocycles. The maximum atomic E-state index is 17.2. The Kier molecular flexibility index (Phi) is 13.7. The van der Waals surface area contributed by atoms with Gasteiger partial charge in [-0.05, 0) is 90.5 Å². The highest BCUT2D eigenvalue weighted by atomic mass is 19.4. The first-order chi connectivity index (χ1) is 29.7. The number of para-hydroxylation sites is 1. The van der Waals surface area contributed by atoms with E-state index >= 15 is 4.39 Å². The fourth-order valence-electron chi connectivity index (χ4n) is 7.46. The summed E-state index contributed by atoms with van der Waals surface area (Å²) in [5.74, 6) is -1.34. The third-order valence-corrected chi connectivity index (χ3v) is 10.3. The lowest BCUT2D eigenvalue weighted by Crippen LogP contribution is -2.44. The number of nitrogens with zero attached hydrogens (tertiary/aromatic N) is 5. The van der Waals surface area contributed by atoms with Crippen LogP contribution in [0.1, 0.15) is 102 Å². The summed E-state index contributed by atoms with van der Waals surface area (Å²) in [6, 6.07) is 7.82. The van der Waals surface area contributed by atoms with Gasteiger partial charge in [0.25, 0.3) is 0 Å². The van der Waals surface area contributed by atoms with Gasteiger partial charge in [0.1, 0.15) is 29.7 Å². The Hall–Kier alpha value is -6.20. The minimum absolute atomic E-state index is 0.0711. The van der Waals surface area contributed by atoms with Crippen molar-refractivity contribution in [2.45, 2.75) is 124 Å². The highest BCUT2D eigenvalue weighted by Gasteiger charge is 2.34. The molecule has 1 aliphatic heterocycles. The molecule has 3 N–H and O–H groups in total. The van der Waals surface area contributed by atoms with Crippen LogP contribution in [0.4, 0.5) is 33.1 Å². The van der Waals surface area contributed by atoms with Gasteiger partial charge in [0, 0.05) is 66.7 Å². The molecule has 338 valence electrons. The third-order valence-electron chi connectivity index (χ3n) is 10.3. The van der Waals surface area contributed by atoms with Crippen molar-refractivity contribution in [3.05, 3.63) is 88.3 Å². The Balaban J connectivity index is 1.34. The largest absolute Gasteiger partial charge is 0.459 e. The Labute approximate surface area is 363 Å². The number of halogens is 4. The first-order valence-electron chi connectivity index (χ1n) is 20.9. The zero-order valence-corrected chi connectivity index (χ0v) is 36.8. The van der Waals surface area contributed by atoms with Gasteiger partial charge in [-0.3, -0.25) is 0 Å². The number of amides is 2. The van der Waals surface area contributed by atoms with Crippen molar-refractivity contribution in [3.8, 4) is 16.9 Å². The van der Waals surface area contributed by atoms with E-state index in [-0.39, 0.29) is 44.0 Å². The maximum absolute atomic E-state index is 17.2. The van der Waals surface area contributed by atoms with Crippen LogP contribution in [0, 0.1) is 5.82 Å². The fourth-order valence-corrected chi connectivity index (χ4v) is 7.46. The summed E-state index contributed by atoms with van der Waals surface area (Å²) in [6.07, 6.45) is -0.874. The number of carbonyl (C=O) groups excluding carboxylic acids is 3. The van der Waals surface area contributed by atoms with E-state index in [4.69, 9.17) is 19.3 Å². The average Bonchev–Trinajstić information content (AvgIpc) is 3.84. The van der Waals surface area contributed by atoms with Crippen molar-refractivity contribution in [1.29, 1.82) is 0 Å². The minimum Gasteiger partial charge on any atom is -0.459 e. The number of aromatic amines is 1. The lowest BCUT2D eigenvalue weighted by Gasteiger charge is -2.27. The number of fused-ring (bicyclic) bond motifs is 2. The van der Waals surface area contributed by atoms with Crippen LogP contribution in [0.15, 0.2) is 48.9 Å². The molecule has 2 amide bonds. The van der Waals surface area contributed by atoms with E-state index < -0.39 is 53.0 Å². The number of benzene rings is 2. The molecule has 1 aliphatic rings. The molecule has 0 aliphatic carbocycles. The molecule has 5 aromatic rings. The van der Waals surface area contributed by atoms with Crippen molar-refractivity contribution in [1.82, 2.24) is 35.4 Å². The molecular weight excluding hydrogens is 825 g/mol. The Bertz CT molecular complexity index is 2430. The van der Waals surface area contributed by atoms with E-state index in [1.54, 1.807) is 63.4 Å². The lowest BCUT2D eigenvalue weighted by molar-refractivity contribution is -0.147. The predicted octanol–water partition coefficient (Wildman–Crippen LogP) is 8.90. The van der Waals surface area contributed by atoms with Crippen LogP contribution >= 0.6 is 0 Å². The lowest BCUT2D eigenvalue weighted by atomic mass is 9.95. The number of alkyl halides is 3. The number of hydrogen-bond acceptors (Lipinski definition) is 10. The number of carbonyl (C=O) groups is 3. The Morgan fingerprint density at radius 1 is 0.921 bits per heavy atom. The summed E-state index contributed by atoms with van der Waals surface area (Å²) < 4.78 is 75.5. The molecule has 0 unspecified atom stereocenters. The molecule has 63 heavy (non-hydrogen) atoms. The van der Waals surface area contributed by atoms with Gasteiger partial charge in [-0.15, -0.1) is 0 Å². The highest BCUT2D eigenvalue weighted by Crippen LogP contribution is 2.41. The number of alkyl carbamates (subject to hydrolysis) is 2. The number of aryl methyl sites for hydroxylation is 2. The summed E-state index contributed by atoms with van der Waals surface area (Å²) in [7, 11) is 0. The molecule has 0 fully saturated rings. The molecule has 14 nitrogen and oxygen atoms in total. The van der Waals surface area contributed by atoms with Crippen molar-refractivity contribution in [2.75, 3.05) is 18.0 Å². The summed E-state index contributed by atoms with van der Waals surface area (Å²) in [6.45, 7) is 14.6. The molecule has 0 spiro atoms. The molecule has 2 aromatic carbocycles. The summed E-state index contributed by atoms with van der Waals surface area (Å²) in [4.78, 5) is 51.7. The molecule has 0 bridgehead atoms. The molecule has 6 rings (SSSR count). The number of ether oxygens (including phenoxy) is 3. The number of rotatable bonds is 13. The van der Waals surface area contributed by atoms with Crippen LogP contribution < -0.4 is 15.5 Å². The first-order valence-corrected chi connectivity index (χ1v) is 20.9. The van der Waals surface area contributed by atoms with Gasteiger partial charge in [0.05, 0.1) is 28.2 Å². The molecule has 0 radical (unpaired) electrons. The van der Waals surface area contributed by atoms with E-state index in [9.17, 15) is 27.6 Å². The number of esters is 1. The Morgan fingerprint density at radius 3 is 2.19 bits per heavy atom. The second-order valence-electron chi connectivity index (χ2n) is 17.3. The molecule has 1 atom stereocenters. The van der Waals surface area contributed by atoms with Gasteiger partial charge >= 0.3 is 24.3 Å². The second-order valence-corrected chi connectivity index (χ2v) is 17.3. The quantitative estimate of drug-likeness (QED) is 0.0450. The number of H-pyrrole nitrogens is 1. The molecular formula is C45H54F4N8O6. The standard InChI is InChI=1S/C45H54F4N8O6/c1-9-26-13-11-14-27(10-2)37(26)57-38(31-24-56(20-17-33(31)55-57)40-52-22-29(23-53-40)45(47,48)49)35-30-16-19-50-36(30)28(21-32(35)46)25-61-39(58)34(54-42(60)63-44(6,7)8)15-12-18-51-41(59)62-43(3,4)5/h11,13-14,16,19,21-23,34,50H,9-10,12,15,17-18,20,24-25H2,1-8H3,(H,51,59)(H,54,60)/t34-/m0/s1. The first kappa shape index (κ1) is 46.3. The van der Waals surface area contributed by atoms with Gasteiger partial charge in [-0.25, -0.2) is 33.4 Å². The van der Waals surface area contributed by atoms with Crippen molar-refractivity contribution in [2.24, 2.45) is 0 Å².